The molecule has 0 aliphatic rings. The van der Waals surface area contributed by atoms with Gasteiger partial charge in [-0.15, -0.1) is 0 Å². The van der Waals surface area contributed by atoms with Gasteiger partial charge >= 0.3 is 0 Å². The van der Waals surface area contributed by atoms with Crippen LogP contribution >= 0.6 is 0 Å². The fourth-order valence-electron chi connectivity index (χ4n) is 1.84. The van der Waals surface area contributed by atoms with E-state index >= 15 is 0 Å². The van der Waals surface area contributed by atoms with E-state index in [1.165, 1.54) is 0 Å². The Hall–Kier alpha value is -2.29. The predicted octanol–water partition coefficient (Wildman–Crippen LogP) is 2.76. The normalized spacial score (nSPS) is 10.1. The molecule has 3 heteroatoms. The van der Waals surface area contributed by atoms with Crippen molar-refractivity contribution in [1.29, 1.82) is 0 Å². The molecule has 3 nitrogen and oxygen atoms in total. The van der Waals surface area contributed by atoms with Gasteiger partial charge in [0.1, 0.15) is 5.75 Å². The minimum Gasteiger partial charge on any atom is -0.508 e. The average molecular weight is 241 g/mol. The number of phenolic OH excluding ortho intramolecular Hbond substituents is 1. The molecule has 1 N–H and O–H groups in total. The van der Waals surface area contributed by atoms with Crippen molar-refractivity contribution in [2.24, 2.45) is 0 Å². The van der Waals surface area contributed by atoms with E-state index in [-0.39, 0.29) is 11.7 Å². The fraction of sp³-hybridized carbons (Fsp3) is 0.133. The van der Waals surface area contributed by atoms with Gasteiger partial charge in [-0.2, -0.15) is 0 Å². The summed E-state index contributed by atoms with van der Waals surface area (Å²) in [4.78, 5) is 13.6. The smallest absolute Gasteiger partial charge is 0.253 e. The van der Waals surface area contributed by atoms with Crippen molar-refractivity contribution in [3.05, 3.63) is 54.1 Å². The van der Waals surface area contributed by atoms with Gasteiger partial charge in [0, 0.05) is 19.7 Å². The minimum atomic E-state index is -0.0473. The predicted molar refractivity (Wildman–Crippen MR) is 71.6 cm³/mol. The zero-order valence-electron chi connectivity index (χ0n) is 10.4. The molecule has 0 spiro atoms. The molecule has 0 unspecified atom stereocenters. The first kappa shape index (κ1) is 12.2. The molecule has 0 heterocycles. The van der Waals surface area contributed by atoms with Crippen molar-refractivity contribution < 1.29 is 9.90 Å². The summed E-state index contributed by atoms with van der Waals surface area (Å²) in [7, 11) is 3.45. The molecule has 2 rings (SSSR count). The standard InChI is InChI=1S/C15H15NO2/c1-16(2)15(18)14-9-4-3-8-13(14)11-6-5-7-12(17)10-11/h3-10,17H,1-2H3. The summed E-state index contributed by atoms with van der Waals surface area (Å²) < 4.78 is 0. The minimum absolute atomic E-state index is 0.0473. The van der Waals surface area contributed by atoms with E-state index in [4.69, 9.17) is 0 Å². The molecule has 1 amide bonds. The Morgan fingerprint density at radius 2 is 1.78 bits per heavy atom. The van der Waals surface area contributed by atoms with Crippen molar-refractivity contribution >= 4 is 5.91 Å². The SMILES string of the molecule is CN(C)C(=O)c1ccccc1-c1cccc(O)c1. The molecule has 0 atom stereocenters. The Labute approximate surface area is 106 Å². The maximum Gasteiger partial charge on any atom is 0.253 e. The Bertz CT molecular complexity index is 576. The lowest BCUT2D eigenvalue weighted by Gasteiger charge is -2.14. The molecule has 0 aliphatic carbocycles. The molecule has 2 aromatic rings. The second-order valence-electron chi connectivity index (χ2n) is 4.30. The zero-order chi connectivity index (χ0) is 13.1. The van der Waals surface area contributed by atoms with Crippen LogP contribution in [0.25, 0.3) is 11.1 Å². The quantitative estimate of drug-likeness (QED) is 0.878. The van der Waals surface area contributed by atoms with Gasteiger partial charge in [0.05, 0.1) is 0 Å². The second-order valence-corrected chi connectivity index (χ2v) is 4.30. The van der Waals surface area contributed by atoms with Crippen molar-refractivity contribution in [3.63, 3.8) is 0 Å². The topological polar surface area (TPSA) is 40.5 Å². The first-order chi connectivity index (χ1) is 8.59. The summed E-state index contributed by atoms with van der Waals surface area (Å²) >= 11 is 0. The number of carbonyl (C=O) groups excluding carboxylic acids is 1. The number of aromatic hydroxyl groups is 1. The van der Waals surface area contributed by atoms with Crippen LogP contribution in [-0.4, -0.2) is 30.0 Å². The van der Waals surface area contributed by atoms with E-state index in [0.29, 0.717) is 5.56 Å². The van der Waals surface area contributed by atoms with E-state index in [9.17, 15) is 9.90 Å². The van der Waals surface area contributed by atoms with Crippen LogP contribution in [0.3, 0.4) is 0 Å². The highest BCUT2D eigenvalue weighted by molar-refractivity contribution is 6.00. The number of carbonyl (C=O) groups is 1. The molecule has 0 bridgehead atoms. The summed E-state index contributed by atoms with van der Waals surface area (Å²) in [5, 5.41) is 9.52. The highest BCUT2D eigenvalue weighted by Crippen LogP contribution is 2.26. The molecule has 0 saturated carbocycles. The Morgan fingerprint density at radius 3 is 2.44 bits per heavy atom. The van der Waals surface area contributed by atoms with Crippen LogP contribution in [0.4, 0.5) is 0 Å². The lowest BCUT2D eigenvalue weighted by atomic mass is 9.99. The Balaban J connectivity index is 2.55. The van der Waals surface area contributed by atoms with Crippen molar-refractivity contribution in [1.82, 2.24) is 4.90 Å². The lowest BCUT2D eigenvalue weighted by Crippen LogP contribution is -2.22. The Kier molecular flexibility index (Phi) is 3.33. The Morgan fingerprint density at radius 1 is 1.06 bits per heavy atom. The average Bonchev–Trinajstić information content (AvgIpc) is 2.38. The maximum absolute atomic E-state index is 12.1. The lowest BCUT2D eigenvalue weighted by molar-refractivity contribution is 0.0828. The molecule has 0 aliphatic heterocycles. The van der Waals surface area contributed by atoms with E-state index in [2.05, 4.69) is 0 Å². The van der Waals surface area contributed by atoms with Gasteiger partial charge in [0.25, 0.3) is 5.91 Å². The first-order valence-electron chi connectivity index (χ1n) is 5.69. The molecular weight excluding hydrogens is 226 g/mol. The molecular formula is C15H15NO2. The summed E-state index contributed by atoms with van der Waals surface area (Å²) in [6.45, 7) is 0. The van der Waals surface area contributed by atoms with Crippen LogP contribution in [0, 0.1) is 0 Å². The van der Waals surface area contributed by atoms with Gasteiger partial charge in [0.15, 0.2) is 0 Å². The third-order valence-corrected chi connectivity index (χ3v) is 2.72. The highest BCUT2D eigenvalue weighted by Gasteiger charge is 2.13. The van der Waals surface area contributed by atoms with E-state index < -0.39 is 0 Å². The number of benzene rings is 2. The van der Waals surface area contributed by atoms with Gasteiger partial charge in [-0.05, 0) is 29.3 Å². The summed E-state index contributed by atoms with van der Waals surface area (Å²) in [6, 6.07) is 14.3. The van der Waals surface area contributed by atoms with Crippen LogP contribution < -0.4 is 0 Å². The second kappa shape index (κ2) is 4.92. The van der Waals surface area contributed by atoms with Crippen LogP contribution in [0.15, 0.2) is 48.5 Å². The number of nitrogens with zero attached hydrogens (tertiary/aromatic N) is 1. The number of hydrogen-bond acceptors (Lipinski definition) is 2. The van der Waals surface area contributed by atoms with Crippen LogP contribution in [-0.2, 0) is 0 Å². The number of amides is 1. The van der Waals surface area contributed by atoms with Gasteiger partial charge < -0.3 is 10.0 Å². The summed E-state index contributed by atoms with van der Waals surface area (Å²) in [5.41, 5.74) is 2.29. The fourth-order valence-corrected chi connectivity index (χ4v) is 1.84. The van der Waals surface area contributed by atoms with Gasteiger partial charge in [-0.1, -0.05) is 30.3 Å². The molecule has 0 saturated heterocycles. The van der Waals surface area contributed by atoms with E-state index in [1.807, 2.05) is 24.3 Å². The van der Waals surface area contributed by atoms with Gasteiger partial charge in [-0.25, -0.2) is 0 Å². The highest BCUT2D eigenvalue weighted by atomic mass is 16.3. The largest absolute Gasteiger partial charge is 0.508 e. The summed E-state index contributed by atoms with van der Waals surface area (Å²) in [6.07, 6.45) is 0. The van der Waals surface area contributed by atoms with Gasteiger partial charge in [0.2, 0.25) is 0 Å². The van der Waals surface area contributed by atoms with Crippen molar-refractivity contribution in [3.8, 4) is 16.9 Å². The van der Waals surface area contributed by atoms with Crippen LogP contribution in [0.1, 0.15) is 10.4 Å². The molecule has 0 aromatic heterocycles. The molecule has 0 fully saturated rings. The third kappa shape index (κ3) is 2.35. The summed E-state index contributed by atoms with van der Waals surface area (Å²) in [5.74, 6) is 0.147. The third-order valence-electron chi connectivity index (χ3n) is 2.72. The van der Waals surface area contributed by atoms with E-state index in [1.54, 1.807) is 43.3 Å². The van der Waals surface area contributed by atoms with Gasteiger partial charge in [-0.3, -0.25) is 4.79 Å². The molecule has 18 heavy (non-hydrogen) atoms. The number of hydrogen-bond donors (Lipinski definition) is 1. The molecule has 92 valence electrons. The maximum atomic E-state index is 12.1. The first-order valence-corrected chi connectivity index (χ1v) is 5.69. The zero-order valence-corrected chi connectivity index (χ0v) is 10.4. The number of phenols is 1. The molecule has 2 aromatic carbocycles. The molecule has 0 radical (unpaired) electrons. The van der Waals surface area contributed by atoms with Crippen molar-refractivity contribution in [2.75, 3.05) is 14.1 Å². The van der Waals surface area contributed by atoms with Crippen LogP contribution in [0.2, 0.25) is 0 Å². The van der Waals surface area contributed by atoms with Crippen LogP contribution in [0.5, 0.6) is 5.75 Å². The van der Waals surface area contributed by atoms with E-state index in [0.717, 1.165) is 11.1 Å². The number of rotatable bonds is 2. The monoisotopic (exact) mass is 241 g/mol. The van der Waals surface area contributed by atoms with Crippen molar-refractivity contribution in [2.45, 2.75) is 0 Å².